The third-order valence-electron chi connectivity index (χ3n) is 5.20. The molecule has 1 aliphatic carbocycles. The van der Waals surface area contributed by atoms with E-state index in [0.717, 1.165) is 55.0 Å². The number of nitrogens with one attached hydrogen (secondary N) is 1. The first kappa shape index (κ1) is 18.2. The maximum atomic E-state index is 9.68. The number of hydrogen-bond donors (Lipinski definition) is 2. The normalized spacial score (nSPS) is 16.1. The Bertz CT molecular complexity index is 1160. The number of rotatable bonds is 5. The van der Waals surface area contributed by atoms with Crippen molar-refractivity contribution >= 4 is 17.7 Å². The smallest absolute Gasteiger partial charge is 0.246 e. The van der Waals surface area contributed by atoms with Crippen LogP contribution in [0, 0.1) is 5.41 Å². The van der Waals surface area contributed by atoms with Crippen LogP contribution in [0.15, 0.2) is 40.6 Å². The van der Waals surface area contributed by atoms with Gasteiger partial charge in [-0.25, -0.2) is 4.98 Å². The minimum absolute atomic E-state index is 0.0480. The Balaban J connectivity index is 1.38. The molecule has 0 bridgehead atoms. The van der Waals surface area contributed by atoms with Crippen LogP contribution in [0.1, 0.15) is 31.0 Å². The summed E-state index contributed by atoms with van der Waals surface area (Å²) in [5.74, 6) is 2.41. The lowest BCUT2D eigenvalue weighted by Crippen LogP contribution is -2.32. The van der Waals surface area contributed by atoms with Gasteiger partial charge in [0.25, 0.3) is 0 Å². The zero-order chi connectivity index (χ0) is 20.5. The Labute approximate surface area is 172 Å². The maximum absolute atomic E-state index is 9.68. The lowest BCUT2D eigenvalue weighted by atomic mass is 10.00. The molecule has 152 valence electrons. The third-order valence-corrected chi connectivity index (χ3v) is 5.20. The molecule has 10 heteroatoms. The van der Waals surface area contributed by atoms with Crippen molar-refractivity contribution in [3.05, 3.63) is 47.8 Å². The predicted molar refractivity (Wildman–Crippen MR) is 109 cm³/mol. The maximum Gasteiger partial charge on any atom is 0.246 e. The van der Waals surface area contributed by atoms with Gasteiger partial charge in [-0.2, -0.15) is 4.98 Å². The zero-order valence-corrected chi connectivity index (χ0v) is 16.2. The van der Waals surface area contributed by atoms with Gasteiger partial charge in [-0.3, -0.25) is 4.57 Å². The molecular weight excluding hydrogens is 384 g/mol. The molecule has 0 unspecified atom stereocenters. The van der Waals surface area contributed by atoms with Crippen LogP contribution in [0.25, 0.3) is 17.0 Å². The quantitative estimate of drug-likeness (QED) is 0.621. The zero-order valence-electron chi connectivity index (χ0n) is 16.2. The van der Waals surface area contributed by atoms with E-state index in [2.05, 4.69) is 36.3 Å². The largest absolute Gasteiger partial charge is 0.493 e. The summed E-state index contributed by atoms with van der Waals surface area (Å²) in [6.45, 7) is 2.02. The van der Waals surface area contributed by atoms with Crippen molar-refractivity contribution in [2.45, 2.75) is 32.4 Å². The highest BCUT2D eigenvalue weighted by atomic mass is 16.5. The van der Waals surface area contributed by atoms with Gasteiger partial charge in [-0.1, -0.05) is 11.2 Å². The van der Waals surface area contributed by atoms with Gasteiger partial charge in [-0.15, -0.1) is 10.2 Å². The molecule has 0 radical (unpaired) electrons. The van der Waals surface area contributed by atoms with Crippen LogP contribution < -0.4 is 4.90 Å². The van der Waals surface area contributed by atoms with Crippen molar-refractivity contribution in [1.29, 1.82) is 5.41 Å². The number of aromatic nitrogens is 6. The second-order valence-corrected chi connectivity index (χ2v) is 7.23. The van der Waals surface area contributed by atoms with Crippen LogP contribution in [0.2, 0.25) is 0 Å². The molecule has 0 aromatic carbocycles. The van der Waals surface area contributed by atoms with Crippen molar-refractivity contribution in [2.75, 3.05) is 11.4 Å². The first-order valence-corrected chi connectivity index (χ1v) is 9.79. The number of allylic oxidation sites excluding steroid dienone is 4. The summed E-state index contributed by atoms with van der Waals surface area (Å²) in [6, 6.07) is 3.38. The topological polar surface area (TPSA) is 130 Å². The van der Waals surface area contributed by atoms with Crippen molar-refractivity contribution in [1.82, 2.24) is 29.9 Å². The van der Waals surface area contributed by atoms with E-state index in [4.69, 9.17) is 9.93 Å². The fraction of sp³-hybridized carbons (Fsp3) is 0.300. The van der Waals surface area contributed by atoms with E-state index in [1.165, 1.54) is 6.21 Å². The standard InChI is InChI=1S/C20H20N8O2/c21-11-13-3-1-4-14(9-13)18-23-17(30-26-18)12-27-7-2-8-28-19(24-25-20(27)28)15-5-6-22-16(29)10-15/h4-6,9-11,21H,1-3,7-8,12H2,(H,22,29). The van der Waals surface area contributed by atoms with E-state index < -0.39 is 0 Å². The molecule has 3 aromatic heterocycles. The van der Waals surface area contributed by atoms with Gasteiger partial charge >= 0.3 is 0 Å². The van der Waals surface area contributed by atoms with Gasteiger partial charge in [0.15, 0.2) is 5.82 Å². The monoisotopic (exact) mass is 404 g/mol. The summed E-state index contributed by atoms with van der Waals surface area (Å²) in [5, 5.41) is 29.9. The molecule has 10 nitrogen and oxygen atoms in total. The summed E-state index contributed by atoms with van der Waals surface area (Å²) in [6.07, 6.45) is 9.56. The van der Waals surface area contributed by atoms with Crippen LogP contribution >= 0.6 is 0 Å². The molecule has 0 saturated carbocycles. The molecule has 0 saturated heterocycles. The SMILES string of the molecule is N=CC1=CC(c2noc(CN3CCCn4c(-c5ccnc(O)c5)nnc43)n2)=CCC1. The van der Waals surface area contributed by atoms with E-state index in [1.807, 2.05) is 10.6 Å². The predicted octanol–water partition coefficient (Wildman–Crippen LogP) is 2.59. The van der Waals surface area contributed by atoms with Crippen LogP contribution in [0.3, 0.4) is 0 Å². The van der Waals surface area contributed by atoms with Gasteiger partial charge < -0.3 is 19.9 Å². The van der Waals surface area contributed by atoms with Crippen LogP contribution in [-0.4, -0.2) is 47.8 Å². The lowest BCUT2D eigenvalue weighted by molar-refractivity contribution is 0.370. The number of anilines is 1. The molecule has 3 aromatic rings. The molecule has 2 N–H and O–H groups in total. The van der Waals surface area contributed by atoms with Gasteiger partial charge in [0.2, 0.25) is 23.5 Å². The van der Waals surface area contributed by atoms with Crippen LogP contribution in [0.5, 0.6) is 5.88 Å². The summed E-state index contributed by atoms with van der Waals surface area (Å²) >= 11 is 0. The third kappa shape index (κ3) is 3.36. The van der Waals surface area contributed by atoms with Crippen LogP contribution in [0.4, 0.5) is 5.95 Å². The molecule has 0 atom stereocenters. The van der Waals surface area contributed by atoms with Gasteiger partial charge in [-0.05, 0) is 37.0 Å². The number of pyridine rings is 1. The second kappa shape index (κ2) is 7.54. The fourth-order valence-electron chi connectivity index (χ4n) is 3.77. The molecule has 4 heterocycles. The Morgan fingerprint density at radius 1 is 1.27 bits per heavy atom. The Morgan fingerprint density at radius 3 is 3.07 bits per heavy atom. The Kier molecular flexibility index (Phi) is 4.58. The highest BCUT2D eigenvalue weighted by molar-refractivity contribution is 5.84. The number of hydrogen-bond acceptors (Lipinski definition) is 9. The molecular formula is C20H20N8O2. The number of nitrogens with zero attached hydrogens (tertiary/aromatic N) is 7. The van der Waals surface area contributed by atoms with Crippen molar-refractivity contribution in [3.8, 4) is 17.3 Å². The molecule has 0 amide bonds. The van der Waals surface area contributed by atoms with E-state index in [0.29, 0.717) is 24.1 Å². The molecule has 0 spiro atoms. The summed E-state index contributed by atoms with van der Waals surface area (Å²) in [5.41, 5.74) is 2.61. The van der Waals surface area contributed by atoms with Crippen LogP contribution in [-0.2, 0) is 13.1 Å². The number of aromatic hydroxyl groups is 1. The number of fused-ring (bicyclic) bond motifs is 1. The van der Waals surface area contributed by atoms with E-state index in [1.54, 1.807) is 18.3 Å². The summed E-state index contributed by atoms with van der Waals surface area (Å²) < 4.78 is 7.51. The molecule has 1 aliphatic heterocycles. The summed E-state index contributed by atoms with van der Waals surface area (Å²) in [4.78, 5) is 10.4. The molecule has 5 rings (SSSR count). The highest BCUT2D eigenvalue weighted by Gasteiger charge is 2.25. The van der Waals surface area contributed by atoms with Crippen molar-refractivity contribution in [3.63, 3.8) is 0 Å². The van der Waals surface area contributed by atoms with E-state index >= 15 is 0 Å². The van der Waals surface area contributed by atoms with Crippen molar-refractivity contribution in [2.24, 2.45) is 0 Å². The fourth-order valence-corrected chi connectivity index (χ4v) is 3.77. The minimum Gasteiger partial charge on any atom is -0.493 e. The van der Waals surface area contributed by atoms with Crippen molar-refractivity contribution < 1.29 is 9.63 Å². The van der Waals surface area contributed by atoms with Gasteiger partial charge in [0.1, 0.15) is 6.54 Å². The second-order valence-electron chi connectivity index (χ2n) is 7.23. The minimum atomic E-state index is -0.0480. The van der Waals surface area contributed by atoms with Gasteiger partial charge in [0, 0.05) is 42.7 Å². The average molecular weight is 404 g/mol. The molecule has 0 fully saturated rings. The highest BCUT2D eigenvalue weighted by Crippen LogP contribution is 2.29. The van der Waals surface area contributed by atoms with Gasteiger partial charge in [0.05, 0.1) is 0 Å². The average Bonchev–Trinajstić information content (AvgIpc) is 3.42. The lowest BCUT2D eigenvalue weighted by Gasteiger charge is -2.27. The Morgan fingerprint density at radius 2 is 2.20 bits per heavy atom. The first-order chi connectivity index (χ1) is 14.7. The first-order valence-electron chi connectivity index (χ1n) is 9.79. The summed E-state index contributed by atoms with van der Waals surface area (Å²) in [7, 11) is 0. The molecule has 30 heavy (non-hydrogen) atoms. The Hall–Kier alpha value is -3.82. The molecule has 2 aliphatic rings. The van der Waals surface area contributed by atoms with E-state index in [9.17, 15) is 5.11 Å². The van der Waals surface area contributed by atoms with E-state index in [-0.39, 0.29) is 5.88 Å².